The second-order valence-electron chi connectivity index (χ2n) is 6.30. The average molecular weight is 521 g/mol. The van der Waals surface area contributed by atoms with Gasteiger partial charge in [-0.15, -0.1) is 0 Å². The molecule has 0 fully saturated rings. The lowest BCUT2D eigenvalue weighted by Crippen LogP contribution is -2.41. The molecular formula is C20H20Cl6O3. The van der Waals surface area contributed by atoms with Crippen molar-refractivity contribution >= 4 is 69.6 Å². The Morgan fingerprint density at radius 1 is 0.621 bits per heavy atom. The quantitative estimate of drug-likeness (QED) is 0.351. The van der Waals surface area contributed by atoms with Crippen molar-refractivity contribution in [1.29, 1.82) is 0 Å². The van der Waals surface area contributed by atoms with Crippen molar-refractivity contribution in [2.24, 2.45) is 0 Å². The van der Waals surface area contributed by atoms with Crippen molar-refractivity contribution in [3.05, 3.63) is 59.7 Å². The Balaban J connectivity index is 2.20. The second-order valence-corrected chi connectivity index (χ2v) is 11.0. The standard InChI is InChI=1S/C20H20Cl6O3/c1-27-15-7-3-13(4-8-15)11-17(19(21,22)23)29-18(20(24,25)26)12-14-5-9-16(28-2)10-6-14/h3-10,17-18H,11-12H2,1-2H3. The van der Waals surface area contributed by atoms with Gasteiger partial charge in [-0.05, 0) is 35.4 Å². The molecule has 2 unspecified atom stereocenters. The molecule has 0 saturated carbocycles. The molecule has 9 heteroatoms. The Kier molecular flexibility index (Phi) is 9.36. The monoisotopic (exact) mass is 518 g/mol. The van der Waals surface area contributed by atoms with Crippen LogP contribution in [0.3, 0.4) is 0 Å². The van der Waals surface area contributed by atoms with Crippen LogP contribution in [0.2, 0.25) is 0 Å². The molecule has 0 aromatic heterocycles. The molecule has 0 bridgehead atoms. The number of rotatable bonds is 8. The third-order valence-corrected chi connectivity index (χ3v) is 5.68. The zero-order valence-corrected chi connectivity index (χ0v) is 20.2. The molecule has 160 valence electrons. The van der Waals surface area contributed by atoms with Crippen LogP contribution in [0.5, 0.6) is 11.5 Å². The number of methoxy groups -OCH3 is 2. The maximum absolute atomic E-state index is 6.18. The number of benzene rings is 2. The van der Waals surface area contributed by atoms with Gasteiger partial charge in [-0.1, -0.05) is 93.9 Å². The zero-order chi connectivity index (χ0) is 21.7. The summed E-state index contributed by atoms with van der Waals surface area (Å²) in [4.78, 5) is 0. The Morgan fingerprint density at radius 2 is 0.931 bits per heavy atom. The van der Waals surface area contributed by atoms with Crippen molar-refractivity contribution in [1.82, 2.24) is 0 Å². The molecule has 0 saturated heterocycles. The van der Waals surface area contributed by atoms with Crippen molar-refractivity contribution in [3.8, 4) is 11.5 Å². The first-order chi connectivity index (χ1) is 13.5. The predicted octanol–water partition coefficient (Wildman–Crippen LogP) is 6.98. The third-order valence-electron chi connectivity index (χ3n) is 4.22. The van der Waals surface area contributed by atoms with Crippen LogP contribution in [0.25, 0.3) is 0 Å². The highest BCUT2D eigenvalue weighted by molar-refractivity contribution is 6.68. The van der Waals surface area contributed by atoms with Gasteiger partial charge < -0.3 is 14.2 Å². The summed E-state index contributed by atoms with van der Waals surface area (Å²) < 4.78 is 12.9. The molecule has 0 aliphatic carbocycles. The van der Waals surface area contributed by atoms with E-state index < -0.39 is 19.8 Å². The Labute approximate surface area is 201 Å². The lowest BCUT2D eigenvalue weighted by molar-refractivity contribution is -0.00702. The van der Waals surface area contributed by atoms with E-state index >= 15 is 0 Å². The van der Waals surface area contributed by atoms with Gasteiger partial charge in [-0.25, -0.2) is 0 Å². The number of ether oxygens (including phenoxy) is 3. The highest BCUT2D eigenvalue weighted by atomic mass is 35.6. The smallest absolute Gasteiger partial charge is 0.216 e. The van der Waals surface area contributed by atoms with E-state index in [-0.39, 0.29) is 0 Å². The van der Waals surface area contributed by atoms with E-state index in [1.807, 2.05) is 48.5 Å². The largest absolute Gasteiger partial charge is 0.497 e. The molecule has 3 nitrogen and oxygen atoms in total. The molecule has 2 aromatic carbocycles. The fraction of sp³-hybridized carbons (Fsp3) is 0.400. The van der Waals surface area contributed by atoms with Crippen LogP contribution < -0.4 is 9.47 Å². The predicted molar refractivity (Wildman–Crippen MR) is 123 cm³/mol. The van der Waals surface area contributed by atoms with Gasteiger partial charge in [0.15, 0.2) is 0 Å². The van der Waals surface area contributed by atoms with Gasteiger partial charge >= 0.3 is 0 Å². The molecule has 0 aliphatic heterocycles. The number of halogens is 6. The van der Waals surface area contributed by atoms with Gasteiger partial charge in [0.1, 0.15) is 23.7 Å². The summed E-state index contributed by atoms with van der Waals surface area (Å²) >= 11 is 37.1. The summed E-state index contributed by atoms with van der Waals surface area (Å²) in [7, 11) is 3.18. The number of hydrogen-bond donors (Lipinski definition) is 0. The second kappa shape index (κ2) is 10.9. The Bertz CT molecular complexity index is 688. The fourth-order valence-corrected chi connectivity index (χ4v) is 3.40. The summed E-state index contributed by atoms with van der Waals surface area (Å²) in [5, 5.41) is 0. The maximum Gasteiger partial charge on any atom is 0.216 e. The molecule has 2 rings (SSSR count). The Morgan fingerprint density at radius 3 is 1.17 bits per heavy atom. The minimum Gasteiger partial charge on any atom is -0.497 e. The SMILES string of the molecule is COc1ccc(CC(OC(Cc2ccc(OC)cc2)C(Cl)(Cl)Cl)C(Cl)(Cl)Cl)cc1. The molecule has 0 radical (unpaired) electrons. The van der Waals surface area contributed by atoms with Crippen LogP contribution in [-0.4, -0.2) is 34.0 Å². The van der Waals surface area contributed by atoms with E-state index in [9.17, 15) is 0 Å². The van der Waals surface area contributed by atoms with Crippen LogP contribution >= 0.6 is 69.6 Å². The van der Waals surface area contributed by atoms with Crippen molar-refractivity contribution < 1.29 is 14.2 Å². The lowest BCUT2D eigenvalue weighted by atomic mass is 10.1. The van der Waals surface area contributed by atoms with Crippen LogP contribution in [0.4, 0.5) is 0 Å². The van der Waals surface area contributed by atoms with E-state index in [2.05, 4.69) is 0 Å². The Hall–Kier alpha value is -0.260. The van der Waals surface area contributed by atoms with Gasteiger partial charge in [-0.3, -0.25) is 0 Å². The van der Waals surface area contributed by atoms with Crippen molar-refractivity contribution in [2.75, 3.05) is 14.2 Å². The molecule has 29 heavy (non-hydrogen) atoms. The lowest BCUT2D eigenvalue weighted by Gasteiger charge is -2.33. The average Bonchev–Trinajstić information content (AvgIpc) is 2.66. The van der Waals surface area contributed by atoms with Gasteiger partial charge in [0.2, 0.25) is 7.59 Å². The zero-order valence-electron chi connectivity index (χ0n) is 15.7. The summed E-state index contributed by atoms with van der Waals surface area (Å²) in [6.45, 7) is 0. The van der Waals surface area contributed by atoms with Gasteiger partial charge in [0.05, 0.1) is 14.2 Å². The molecular weight excluding hydrogens is 501 g/mol. The van der Waals surface area contributed by atoms with Crippen LogP contribution in [0.1, 0.15) is 11.1 Å². The maximum atomic E-state index is 6.18. The van der Waals surface area contributed by atoms with Gasteiger partial charge in [-0.2, -0.15) is 0 Å². The third kappa shape index (κ3) is 8.06. The number of hydrogen-bond acceptors (Lipinski definition) is 3. The first-order valence-corrected chi connectivity index (χ1v) is 10.8. The molecule has 0 spiro atoms. The van der Waals surface area contributed by atoms with E-state index in [0.29, 0.717) is 12.8 Å². The first kappa shape index (κ1) is 25.0. The summed E-state index contributed by atoms with van der Waals surface area (Å²) in [6.07, 6.45) is -1.08. The minimum atomic E-state index is -1.73. The molecule has 2 atom stereocenters. The fourth-order valence-electron chi connectivity index (χ4n) is 2.63. The molecule has 2 aromatic rings. The molecule has 0 heterocycles. The van der Waals surface area contributed by atoms with E-state index in [4.69, 9.17) is 83.8 Å². The van der Waals surface area contributed by atoms with Gasteiger partial charge in [0.25, 0.3) is 0 Å². The minimum absolute atomic E-state index is 0.306. The molecule has 0 amide bonds. The van der Waals surface area contributed by atoms with Crippen molar-refractivity contribution in [3.63, 3.8) is 0 Å². The number of alkyl halides is 6. The summed E-state index contributed by atoms with van der Waals surface area (Å²) in [6, 6.07) is 14.7. The van der Waals surface area contributed by atoms with Crippen LogP contribution in [0, 0.1) is 0 Å². The van der Waals surface area contributed by atoms with Crippen LogP contribution in [0.15, 0.2) is 48.5 Å². The summed E-state index contributed by atoms with van der Waals surface area (Å²) in [5.41, 5.74) is 1.77. The van der Waals surface area contributed by atoms with Crippen molar-refractivity contribution in [2.45, 2.75) is 32.6 Å². The normalized spacial score (nSPS) is 14.3. The summed E-state index contributed by atoms with van der Waals surface area (Å²) in [5.74, 6) is 1.44. The highest BCUT2D eigenvalue weighted by Crippen LogP contribution is 2.40. The van der Waals surface area contributed by atoms with E-state index in [1.165, 1.54) is 0 Å². The topological polar surface area (TPSA) is 27.7 Å². The highest BCUT2D eigenvalue weighted by Gasteiger charge is 2.41. The molecule has 0 aliphatic rings. The molecule has 0 N–H and O–H groups in total. The van der Waals surface area contributed by atoms with E-state index in [1.54, 1.807) is 14.2 Å². The first-order valence-electron chi connectivity index (χ1n) is 8.57. The van der Waals surface area contributed by atoms with E-state index in [0.717, 1.165) is 22.6 Å². The van der Waals surface area contributed by atoms with Crippen LogP contribution in [-0.2, 0) is 17.6 Å². The van der Waals surface area contributed by atoms with Gasteiger partial charge in [0, 0.05) is 12.8 Å².